The van der Waals surface area contributed by atoms with Crippen molar-refractivity contribution in [2.24, 2.45) is 0 Å². The monoisotopic (exact) mass is 433 g/mol. The Morgan fingerprint density at radius 3 is 2.73 bits per heavy atom. The molecule has 3 aromatic rings. The first-order valence-corrected chi connectivity index (χ1v) is 9.37. The third-order valence-electron chi connectivity index (χ3n) is 3.39. The van der Waals surface area contributed by atoms with E-state index in [1.807, 2.05) is 36.4 Å². The molecule has 6 nitrogen and oxygen atoms in total. The summed E-state index contributed by atoms with van der Waals surface area (Å²) >= 11 is 4.79. The van der Waals surface area contributed by atoms with Crippen LogP contribution in [0.25, 0.3) is 0 Å². The predicted octanol–water partition coefficient (Wildman–Crippen LogP) is 3.92. The lowest BCUT2D eigenvalue weighted by molar-refractivity contribution is -0.118. The Hall–Kier alpha value is -2.45. The second-order valence-electron chi connectivity index (χ2n) is 5.30. The number of methoxy groups -OCH3 is 1. The molecule has 134 valence electrons. The molecule has 0 aliphatic rings. The van der Waals surface area contributed by atoms with Gasteiger partial charge in [-0.15, -0.1) is 10.2 Å². The summed E-state index contributed by atoms with van der Waals surface area (Å²) in [6.45, 7) is -0.138. The van der Waals surface area contributed by atoms with E-state index < -0.39 is 0 Å². The normalized spacial score (nSPS) is 10.4. The van der Waals surface area contributed by atoms with Crippen LogP contribution in [0.5, 0.6) is 11.5 Å². The lowest BCUT2D eigenvalue weighted by Crippen LogP contribution is -2.20. The Morgan fingerprint density at radius 1 is 1.15 bits per heavy atom. The average Bonchev–Trinajstić information content (AvgIpc) is 3.07. The number of halogens is 1. The van der Waals surface area contributed by atoms with Crippen molar-refractivity contribution in [1.29, 1.82) is 0 Å². The zero-order valence-corrected chi connectivity index (χ0v) is 16.3. The van der Waals surface area contributed by atoms with Gasteiger partial charge >= 0.3 is 0 Å². The molecule has 1 aromatic heterocycles. The van der Waals surface area contributed by atoms with Crippen LogP contribution in [-0.2, 0) is 11.2 Å². The molecule has 0 saturated heterocycles. The molecule has 0 bridgehead atoms. The van der Waals surface area contributed by atoms with Crippen molar-refractivity contribution in [2.75, 3.05) is 19.0 Å². The fourth-order valence-corrected chi connectivity index (χ4v) is 3.47. The molecule has 3 rings (SSSR count). The van der Waals surface area contributed by atoms with E-state index in [1.165, 1.54) is 11.3 Å². The van der Waals surface area contributed by atoms with E-state index in [4.69, 9.17) is 9.47 Å². The van der Waals surface area contributed by atoms with Crippen molar-refractivity contribution >= 4 is 38.3 Å². The van der Waals surface area contributed by atoms with Gasteiger partial charge in [-0.05, 0) is 29.8 Å². The van der Waals surface area contributed by atoms with Crippen molar-refractivity contribution in [3.63, 3.8) is 0 Å². The highest BCUT2D eigenvalue weighted by Gasteiger charge is 2.11. The van der Waals surface area contributed by atoms with E-state index >= 15 is 0 Å². The van der Waals surface area contributed by atoms with Crippen molar-refractivity contribution < 1.29 is 14.3 Å². The van der Waals surface area contributed by atoms with Gasteiger partial charge in [0.25, 0.3) is 5.91 Å². The summed E-state index contributed by atoms with van der Waals surface area (Å²) in [7, 11) is 1.55. The highest BCUT2D eigenvalue weighted by Crippen LogP contribution is 2.26. The van der Waals surface area contributed by atoms with Gasteiger partial charge in [0.05, 0.1) is 7.11 Å². The van der Waals surface area contributed by atoms with Crippen LogP contribution in [0.15, 0.2) is 53.0 Å². The molecular weight excluding hydrogens is 418 g/mol. The van der Waals surface area contributed by atoms with E-state index in [0.717, 1.165) is 15.0 Å². The lowest BCUT2D eigenvalue weighted by Gasteiger charge is -2.09. The number of nitrogens with one attached hydrogen (secondary N) is 1. The van der Waals surface area contributed by atoms with Crippen LogP contribution < -0.4 is 14.8 Å². The summed E-state index contributed by atoms with van der Waals surface area (Å²) in [5.74, 6) is 0.784. The largest absolute Gasteiger partial charge is 0.493 e. The predicted molar refractivity (Wildman–Crippen MR) is 104 cm³/mol. The number of benzene rings is 2. The molecule has 0 saturated carbocycles. The number of anilines is 1. The summed E-state index contributed by atoms with van der Waals surface area (Å²) in [5, 5.41) is 12.1. The second-order valence-corrected chi connectivity index (χ2v) is 7.27. The topological polar surface area (TPSA) is 73.3 Å². The highest BCUT2D eigenvalue weighted by atomic mass is 79.9. The smallest absolute Gasteiger partial charge is 0.264 e. The van der Waals surface area contributed by atoms with Gasteiger partial charge in [0, 0.05) is 10.9 Å². The molecule has 1 amide bonds. The molecule has 0 aliphatic heterocycles. The molecule has 1 N–H and O–H groups in total. The fraction of sp³-hybridized carbons (Fsp3) is 0.167. The molecule has 0 aliphatic carbocycles. The van der Waals surface area contributed by atoms with Crippen LogP contribution in [0.1, 0.15) is 10.6 Å². The molecule has 2 aromatic carbocycles. The number of aromatic nitrogens is 2. The van der Waals surface area contributed by atoms with Gasteiger partial charge in [0.15, 0.2) is 18.1 Å². The molecule has 0 radical (unpaired) electrons. The maximum absolute atomic E-state index is 12.1. The Bertz CT molecular complexity index is 901. The Labute approximate surface area is 163 Å². The summed E-state index contributed by atoms with van der Waals surface area (Å²) in [5.41, 5.74) is 1.12. The van der Waals surface area contributed by atoms with E-state index in [9.17, 15) is 4.79 Å². The first kappa shape index (κ1) is 18.3. The van der Waals surface area contributed by atoms with Crippen molar-refractivity contribution in [3.05, 3.63) is 63.6 Å². The van der Waals surface area contributed by atoms with Gasteiger partial charge in [-0.2, -0.15) is 0 Å². The molecule has 26 heavy (non-hydrogen) atoms. The average molecular weight is 434 g/mol. The molecule has 1 heterocycles. The van der Waals surface area contributed by atoms with Crippen LogP contribution >= 0.6 is 27.3 Å². The van der Waals surface area contributed by atoms with Gasteiger partial charge in [0.1, 0.15) is 5.01 Å². The van der Waals surface area contributed by atoms with Crippen LogP contribution in [0.4, 0.5) is 5.13 Å². The number of carbonyl (C=O) groups is 1. The highest BCUT2D eigenvalue weighted by molar-refractivity contribution is 9.10. The summed E-state index contributed by atoms with van der Waals surface area (Å²) in [6.07, 6.45) is 0.657. The zero-order chi connectivity index (χ0) is 18.4. The zero-order valence-electron chi connectivity index (χ0n) is 13.9. The molecule has 0 spiro atoms. The Morgan fingerprint density at radius 2 is 1.96 bits per heavy atom. The maximum Gasteiger partial charge on any atom is 0.264 e. The van der Waals surface area contributed by atoms with E-state index in [-0.39, 0.29) is 12.5 Å². The lowest BCUT2D eigenvalue weighted by atomic mass is 10.2. The number of ether oxygens (including phenoxy) is 2. The number of amides is 1. The first-order chi connectivity index (χ1) is 12.6. The van der Waals surface area contributed by atoms with E-state index in [2.05, 4.69) is 31.4 Å². The fourth-order valence-electron chi connectivity index (χ4n) is 2.23. The summed E-state index contributed by atoms with van der Waals surface area (Å²) < 4.78 is 11.7. The SMILES string of the molecule is COc1ccccc1OCC(=O)Nc1nnc(Cc2cccc(Br)c2)s1. The Balaban J connectivity index is 1.54. The number of rotatable bonds is 7. The number of para-hydroxylation sites is 2. The van der Waals surface area contributed by atoms with Gasteiger partial charge in [0.2, 0.25) is 5.13 Å². The van der Waals surface area contributed by atoms with Gasteiger partial charge in [-0.3, -0.25) is 10.1 Å². The summed E-state index contributed by atoms with van der Waals surface area (Å²) in [4.78, 5) is 12.1. The van der Waals surface area contributed by atoms with Gasteiger partial charge in [-0.1, -0.05) is 51.5 Å². The third kappa shape index (κ3) is 5.03. The molecule has 0 atom stereocenters. The van der Waals surface area contributed by atoms with Crippen LogP contribution in [0.2, 0.25) is 0 Å². The van der Waals surface area contributed by atoms with Gasteiger partial charge in [-0.25, -0.2) is 0 Å². The van der Waals surface area contributed by atoms with Crippen LogP contribution in [0.3, 0.4) is 0 Å². The first-order valence-electron chi connectivity index (χ1n) is 7.76. The van der Waals surface area contributed by atoms with E-state index in [0.29, 0.717) is 23.1 Å². The number of hydrogen-bond donors (Lipinski definition) is 1. The molecule has 8 heteroatoms. The van der Waals surface area contributed by atoms with Crippen molar-refractivity contribution in [3.8, 4) is 11.5 Å². The van der Waals surface area contributed by atoms with Crippen LogP contribution in [-0.4, -0.2) is 29.8 Å². The minimum atomic E-state index is -0.305. The standard InChI is InChI=1S/C18H16BrN3O3S/c1-24-14-7-2-3-8-15(14)25-11-16(23)20-18-22-21-17(26-18)10-12-5-4-6-13(19)9-12/h2-9H,10-11H2,1H3,(H,20,22,23). The molecule has 0 unspecified atom stereocenters. The third-order valence-corrected chi connectivity index (χ3v) is 4.72. The number of nitrogens with zero attached hydrogens (tertiary/aromatic N) is 2. The second kappa shape index (κ2) is 8.77. The number of hydrogen-bond acceptors (Lipinski definition) is 6. The molecular formula is C18H16BrN3O3S. The Kier molecular flexibility index (Phi) is 6.19. The van der Waals surface area contributed by atoms with Crippen molar-refractivity contribution in [1.82, 2.24) is 10.2 Å². The quantitative estimate of drug-likeness (QED) is 0.611. The van der Waals surface area contributed by atoms with Crippen molar-refractivity contribution in [2.45, 2.75) is 6.42 Å². The minimum Gasteiger partial charge on any atom is -0.493 e. The number of carbonyl (C=O) groups excluding carboxylic acids is 1. The minimum absolute atomic E-state index is 0.138. The van der Waals surface area contributed by atoms with Gasteiger partial charge < -0.3 is 9.47 Å². The molecule has 0 fully saturated rings. The van der Waals surface area contributed by atoms with Crippen LogP contribution in [0, 0.1) is 0 Å². The maximum atomic E-state index is 12.1. The van der Waals surface area contributed by atoms with E-state index in [1.54, 1.807) is 19.2 Å². The summed E-state index contributed by atoms with van der Waals surface area (Å²) in [6, 6.07) is 15.1.